The molecule has 2 aromatic rings. The minimum atomic E-state index is -0.344. The summed E-state index contributed by atoms with van der Waals surface area (Å²) in [6.07, 6.45) is 4.08. The van der Waals surface area contributed by atoms with Gasteiger partial charge in [0.1, 0.15) is 0 Å². The maximum absolute atomic E-state index is 13.0. The predicted molar refractivity (Wildman–Crippen MR) is 103 cm³/mol. The van der Waals surface area contributed by atoms with Crippen LogP contribution in [0.25, 0.3) is 0 Å². The molecule has 1 atom stereocenters. The fraction of sp³-hybridized carbons (Fsp3) is 0.364. The van der Waals surface area contributed by atoms with Crippen LogP contribution in [0.4, 0.5) is 5.69 Å². The summed E-state index contributed by atoms with van der Waals surface area (Å²) in [5, 5.41) is 0. The van der Waals surface area contributed by atoms with Crippen LogP contribution in [0, 0.1) is 0 Å². The summed E-state index contributed by atoms with van der Waals surface area (Å²) in [7, 11) is 0. The van der Waals surface area contributed by atoms with E-state index in [9.17, 15) is 9.59 Å². The van der Waals surface area contributed by atoms with E-state index < -0.39 is 0 Å². The van der Waals surface area contributed by atoms with Crippen LogP contribution >= 0.6 is 0 Å². The summed E-state index contributed by atoms with van der Waals surface area (Å²) < 4.78 is 0. The van der Waals surface area contributed by atoms with Gasteiger partial charge >= 0.3 is 0 Å². The SMILES string of the molecule is O=C(c1ccccc1)C1CCCN1C(=O)c1ccc(N2CCCC2)cc1. The summed E-state index contributed by atoms with van der Waals surface area (Å²) in [6.45, 7) is 2.83. The molecule has 2 heterocycles. The van der Waals surface area contributed by atoms with Gasteiger partial charge in [0.05, 0.1) is 6.04 Å². The highest BCUT2D eigenvalue weighted by Gasteiger charge is 2.34. The van der Waals surface area contributed by atoms with Gasteiger partial charge in [-0.25, -0.2) is 0 Å². The van der Waals surface area contributed by atoms with E-state index in [1.165, 1.54) is 18.5 Å². The zero-order chi connectivity index (χ0) is 17.9. The van der Waals surface area contributed by atoms with Crippen LogP contribution in [-0.4, -0.2) is 42.3 Å². The maximum atomic E-state index is 13.0. The molecule has 1 amide bonds. The summed E-state index contributed by atoms with van der Waals surface area (Å²) in [5.41, 5.74) is 2.53. The van der Waals surface area contributed by atoms with Crippen molar-refractivity contribution in [3.8, 4) is 0 Å². The third-order valence-electron chi connectivity index (χ3n) is 5.46. The average molecular weight is 348 g/mol. The van der Waals surface area contributed by atoms with Gasteiger partial charge in [0.15, 0.2) is 5.78 Å². The van der Waals surface area contributed by atoms with Gasteiger partial charge in [-0.3, -0.25) is 9.59 Å². The molecule has 0 N–H and O–H groups in total. The van der Waals surface area contributed by atoms with Crippen LogP contribution in [0.1, 0.15) is 46.4 Å². The summed E-state index contributed by atoms with van der Waals surface area (Å²) in [5.74, 6) is 0.00916. The Bertz CT molecular complexity index is 780. The van der Waals surface area contributed by atoms with Crippen molar-refractivity contribution in [1.29, 1.82) is 0 Å². The second-order valence-corrected chi connectivity index (χ2v) is 7.13. The van der Waals surface area contributed by atoms with Crippen molar-refractivity contribution in [3.05, 3.63) is 65.7 Å². The highest BCUT2D eigenvalue weighted by Crippen LogP contribution is 2.25. The molecule has 0 aliphatic carbocycles. The molecule has 4 heteroatoms. The van der Waals surface area contributed by atoms with E-state index in [-0.39, 0.29) is 17.7 Å². The molecule has 1 unspecified atom stereocenters. The number of carbonyl (C=O) groups excluding carboxylic acids is 2. The molecule has 2 aliphatic heterocycles. The summed E-state index contributed by atoms with van der Waals surface area (Å²) >= 11 is 0. The van der Waals surface area contributed by atoms with Gasteiger partial charge in [0, 0.05) is 36.4 Å². The summed E-state index contributed by atoms with van der Waals surface area (Å²) in [4.78, 5) is 29.9. The standard InChI is InChI=1S/C22H24N2O2/c25-21(17-7-2-1-3-8-17)20-9-6-16-24(20)22(26)18-10-12-19(13-11-18)23-14-4-5-15-23/h1-3,7-8,10-13,20H,4-6,9,14-16H2. The molecule has 0 spiro atoms. The van der Waals surface area contributed by atoms with Crippen LogP contribution in [0.2, 0.25) is 0 Å². The molecule has 4 rings (SSSR count). The predicted octanol–water partition coefficient (Wildman–Crippen LogP) is 3.77. The van der Waals surface area contributed by atoms with E-state index in [0.717, 1.165) is 25.9 Å². The third-order valence-corrected chi connectivity index (χ3v) is 5.46. The number of benzene rings is 2. The molecule has 0 bridgehead atoms. The molecule has 26 heavy (non-hydrogen) atoms. The minimum absolute atomic E-state index is 0.0373. The van der Waals surface area contributed by atoms with Gasteiger partial charge in [-0.15, -0.1) is 0 Å². The van der Waals surface area contributed by atoms with Gasteiger partial charge in [-0.05, 0) is 49.9 Å². The Morgan fingerprint density at radius 3 is 2.15 bits per heavy atom. The van der Waals surface area contributed by atoms with Crippen molar-refractivity contribution in [2.24, 2.45) is 0 Å². The van der Waals surface area contributed by atoms with Crippen LogP contribution in [0.3, 0.4) is 0 Å². The van der Waals surface area contributed by atoms with Crippen molar-refractivity contribution in [1.82, 2.24) is 4.90 Å². The smallest absolute Gasteiger partial charge is 0.254 e. The molecular formula is C22H24N2O2. The van der Waals surface area contributed by atoms with Crippen molar-refractivity contribution in [2.75, 3.05) is 24.5 Å². The van der Waals surface area contributed by atoms with E-state index in [1.54, 1.807) is 4.90 Å². The Kier molecular flexibility index (Phi) is 4.74. The lowest BCUT2D eigenvalue weighted by atomic mass is 10.0. The van der Waals surface area contributed by atoms with Crippen LogP contribution in [0.15, 0.2) is 54.6 Å². The van der Waals surface area contributed by atoms with Crippen LogP contribution in [0.5, 0.6) is 0 Å². The Labute approximate surface area is 154 Å². The first-order valence-electron chi connectivity index (χ1n) is 9.49. The minimum Gasteiger partial charge on any atom is -0.372 e. The highest BCUT2D eigenvalue weighted by atomic mass is 16.2. The molecule has 2 saturated heterocycles. The fourth-order valence-electron chi connectivity index (χ4n) is 4.03. The van der Waals surface area contributed by atoms with Crippen molar-refractivity contribution >= 4 is 17.4 Å². The molecule has 0 aromatic heterocycles. The van der Waals surface area contributed by atoms with E-state index in [2.05, 4.69) is 4.90 Å². The number of nitrogens with zero attached hydrogens (tertiary/aromatic N) is 2. The lowest BCUT2D eigenvalue weighted by Gasteiger charge is -2.24. The van der Waals surface area contributed by atoms with E-state index >= 15 is 0 Å². The quantitative estimate of drug-likeness (QED) is 0.790. The average Bonchev–Trinajstić information content (AvgIpc) is 3.40. The molecule has 2 fully saturated rings. The number of carbonyl (C=O) groups is 2. The first-order valence-corrected chi connectivity index (χ1v) is 9.49. The number of hydrogen-bond acceptors (Lipinski definition) is 3. The number of likely N-dealkylation sites (tertiary alicyclic amines) is 1. The van der Waals surface area contributed by atoms with Crippen LogP contribution < -0.4 is 4.90 Å². The van der Waals surface area contributed by atoms with Gasteiger partial charge < -0.3 is 9.80 Å². The van der Waals surface area contributed by atoms with Gasteiger partial charge in [0.25, 0.3) is 5.91 Å². The Morgan fingerprint density at radius 1 is 0.769 bits per heavy atom. The molecule has 2 aliphatic rings. The van der Waals surface area contributed by atoms with E-state index in [1.807, 2.05) is 54.6 Å². The Balaban J connectivity index is 1.50. The van der Waals surface area contributed by atoms with E-state index in [4.69, 9.17) is 0 Å². The summed E-state index contributed by atoms with van der Waals surface area (Å²) in [6, 6.07) is 16.8. The van der Waals surface area contributed by atoms with Crippen molar-refractivity contribution < 1.29 is 9.59 Å². The van der Waals surface area contributed by atoms with Gasteiger partial charge in [0.2, 0.25) is 0 Å². The maximum Gasteiger partial charge on any atom is 0.254 e. The van der Waals surface area contributed by atoms with Crippen molar-refractivity contribution in [3.63, 3.8) is 0 Å². The normalized spacial score (nSPS) is 19.8. The Morgan fingerprint density at radius 2 is 1.46 bits per heavy atom. The number of amides is 1. The lowest BCUT2D eigenvalue weighted by Crippen LogP contribution is -2.40. The van der Waals surface area contributed by atoms with Crippen LogP contribution in [-0.2, 0) is 0 Å². The second-order valence-electron chi connectivity index (χ2n) is 7.13. The number of hydrogen-bond donors (Lipinski definition) is 0. The zero-order valence-electron chi connectivity index (χ0n) is 14.9. The highest BCUT2D eigenvalue weighted by molar-refractivity contribution is 6.04. The van der Waals surface area contributed by atoms with Gasteiger partial charge in [-0.2, -0.15) is 0 Å². The zero-order valence-corrected chi connectivity index (χ0v) is 14.9. The monoisotopic (exact) mass is 348 g/mol. The number of anilines is 1. The molecule has 0 saturated carbocycles. The largest absolute Gasteiger partial charge is 0.372 e. The molecule has 0 radical (unpaired) electrons. The molecular weight excluding hydrogens is 324 g/mol. The number of rotatable bonds is 4. The molecule has 2 aromatic carbocycles. The lowest BCUT2D eigenvalue weighted by molar-refractivity contribution is 0.0671. The molecule has 134 valence electrons. The first-order chi connectivity index (χ1) is 12.7. The van der Waals surface area contributed by atoms with Crippen molar-refractivity contribution in [2.45, 2.75) is 31.7 Å². The number of Topliss-reactive ketones (excluding diaryl/α,β-unsaturated/α-hetero) is 1. The number of ketones is 1. The second kappa shape index (κ2) is 7.32. The first kappa shape index (κ1) is 16.8. The van der Waals surface area contributed by atoms with E-state index in [0.29, 0.717) is 17.7 Å². The third kappa shape index (κ3) is 3.24. The van der Waals surface area contributed by atoms with Gasteiger partial charge in [-0.1, -0.05) is 30.3 Å². The topological polar surface area (TPSA) is 40.6 Å². The Hall–Kier alpha value is -2.62. The fourth-order valence-corrected chi connectivity index (χ4v) is 4.03. The molecule has 4 nitrogen and oxygen atoms in total.